The Bertz CT molecular complexity index is 1720. The Hall–Kier alpha value is -5.45. The number of carbonyl (C=O) groups is 2. The highest BCUT2D eigenvalue weighted by atomic mass is 19.1. The molecule has 1 aromatic heterocycles. The first-order valence-electron chi connectivity index (χ1n) is 13.4. The number of methoxy groups -OCH3 is 3. The monoisotopic (exact) mass is 583 g/mol. The standard InChI is InChI=1S/C32H30FN5O5/c1-41-25-15-13-24(14-16-25)34-32(40)31(22-10-17-28(42-2)29(18-22)43-3)37(19-21-8-11-23(33)12-9-21)30(39)20-38-27-7-5-4-6-26(27)35-36-38/h4-18,31H,19-20H2,1-3H3,(H,34,40). The van der Waals surface area contributed by atoms with Crippen LogP contribution in [0.25, 0.3) is 11.0 Å². The molecule has 43 heavy (non-hydrogen) atoms. The minimum atomic E-state index is -1.13. The summed E-state index contributed by atoms with van der Waals surface area (Å²) in [5.41, 5.74) is 2.91. The van der Waals surface area contributed by atoms with Crippen LogP contribution in [0.5, 0.6) is 17.2 Å². The van der Waals surface area contributed by atoms with Gasteiger partial charge in [0.1, 0.15) is 29.7 Å². The van der Waals surface area contributed by atoms with Crippen molar-refractivity contribution in [3.63, 3.8) is 0 Å². The number of carbonyl (C=O) groups excluding carboxylic acids is 2. The van der Waals surface area contributed by atoms with E-state index in [1.807, 2.05) is 18.2 Å². The molecule has 0 radical (unpaired) electrons. The number of anilines is 1. The van der Waals surface area contributed by atoms with E-state index >= 15 is 0 Å². The summed E-state index contributed by atoms with van der Waals surface area (Å²) in [5.74, 6) is 0.178. The van der Waals surface area contributed by atoms with Crippen LogP contribution < -0.4 is 19.5 Å². The second-order valence-corrected chi connectivity index (χ2v) is 9.62. The quantitative estimate of drug-likeness (QED) is 0.233. The van der Waals surface area contributed by atoms with Gasteiger partial charge in [0.25, 0.3) is 5.91 Å². The minimum absolute atomic E-state index is 0.000781. The van der Waals surface area contributed by atoms with Crippen molar-refractivity contribution >= 4 is 28.5 Å². The molecule has 4 aromatic carbocycles. The maximum Gasteiger partial charge on any atom is 0.251 e. The molecule has 0 aliphatic rings. The summed E-state index contributed by atoms with van der Waals surface area (Å²) in [6.45, 7) is -0.192. The predicted molar refractivity (Wildman–Crippen MR) is 158 cm³/mol. The van der Waals surface area contributed by atoms with Gasteiger partial charge < -0.3 is 24.4 Å². The van der Waals surface area contributed by atoms with Gasteiger partial charge in [0.15, 0.2) is 11.5 Å². The van der Waals surface area contributed by atoms with Gasteiger partial charge in [0.05, 0.1) is 26.8 Å². The molecule has 1 N–H and O–H groups in total. The highest BCUT2D eigenvalue weighted by Gasteiger charge is 2.33. The number of para-hydroxylation sites is 1. The molecular weight excluding hydrogens is 553 g/mol. The highest BCUT2D eigenvalue weighted by molar-refractivity contribution is 5.98. The molecule has 0 aliphatic carbocycles. The van der Waals surface area contributed by atoms with Crippen LogP contribution in [-0.2, 0) is 22.7 Å². The van der Waals surface area contributed by atoms with Gasteiger partial charge in [0, 0.05) is 12.2 Å². The molecule has 5 aromatic rings. The lowest BCUT2D eigenvalue weighted by molar-refractivity contribution is -0.140. The number of halogens is 1. The Morgan fingerprint density at radius 1 is 0.884 bits per heavy atom. The molecule has 0 spiro atoms. The Balaban J connectivity index is 1.58. The van der Waals surface area contributed by atoms with E-state index in [2.05, 4.69) is 15.6 Å². The van der Waals surface area contributed by atoms with Gasteiger partial charge in [0.2, 0.25) is 5.91 Å². The summed E-state index contributed by atoms with van der Waals surface area (Å²) in [6, 6.07) is 23.8. The van der Waals surface area contributed by atoms with Crippen molar-refractivity contribution in [3.8, 4) is 17.2 Å². The molecule has 0 saturated carbocycles. The zero-order valence-corrected chi connectivity index (χ0v) is 23.9. The molecule has 2 amide bonds. The summed E-state index contributed by atoms with van der Waals surface area (Å²) < 4.78 is 31.4. The third-order valence-electron chi connectivity index (χ3n) is 6.93. The second kappa shape index (κ2) is 13.0. The van der Waals surface area contributed by atoms with Crippen LogP contribution in [-0.4, -0.2) is 53.0 Å². The van der Waals surface area contributed by atoms with Crippen molar-refractivity contribution in [3.05, 3.63) is 108 Å². The maximum absolute atomic E-state index is 14.2. The van der Waals surface area contributed by atoms with E-state index in [0.717, 1.165) is 0 Å². The average Bonchev–Trinajstić information content (AvgIpc) is 3.44. The van der Waals surface area contributed by atoms with Crippen molar-refractivity contribution in [1.29, 1.82) is 0 Å². The van der Waals surface area contributed by atoms with Gasteiger partial charge in [-0.2, -0.15) is 0 Å². The summed E-state index contributed by atoms with van der Waals surface area (Å²) in [6.07, 6.45) is 0. The average molecular weight is 584 g/mol. The van der Waals surface area contributed by atoms with Crippen LogP contribution in [0, 0.1) is 5.82 Å². The van der Waals surface area contributed by atoms with E-state index in [0.29, 0.717) is 45.1 Å². The molecule has 1 heterocycles. The van der Waals surface area contributed by atoms with Crippen LogP contribution in [0.1, 0.15) is 17.2 Å². The number of amides is 2. The van der Waals surface area contributed by atoms with Crippen LogP contribution in [0.3, 0.4) is 0 Å². The number of hydrogen-bond acceptors (Lipinski definition) is 7. The Morgan fingerprint density at radius 3 is 2.30 bits per heavy atom. The largest absolute Gasteiger partial charge is 0.497 e. The summed E-state index contributed by atoms with van der Waals surface area (Å²) in [4.78, 5) is 29.7. The van der Waals surface area contributed by atoms with E-state index < -0.39 is 23.7 Å². The van der Waals surface area contributed by atoms with E-state index in [4.69, 9.17) is 14.2 Å². The van der Waals surface area contributed by atoms with Crippen LogP contribution in [0.15, 0.2) is 91.0 Å². The molecule has 1 unspecified atom stereocenters. The van der Waals surface area contributed by atoms with Crippen LogP contribution in [0.4, 0.5) is 10.1 Å². The molecule has 0 aliphatic heterocycles. The minimum Gasteiger partial charge on any atom is -0.497 e. The van der Waals surface area contributed by atoms with Gasteiger partial charge in [-0.05, 0) is 71.8 Å². The fourth-order valence-electron chi connectivity index (χ4n) is 4.74. The van der Waals surface area contributed by atoms with Crippen molar-refractivity contribution in [2.75, 3.05) is 26.6 Å². The Labute approximate surface area is 247 Å². The molecule has 10 nitrogen and oxygen atoms in total. The fraction of sp³-hybridized carbons (Fsp3) is 0.188. The second-order valence-electron chi connectivity index (χ2n) is 9.62. The number of rotatable bonds is 11. The van der Waals surface area contributed by atoms with Gasteiger partial charge in [-0.3, -0.25) is 9.59 Å². The first kappa shape index (κ1) is 29.1. The number of nitrogens with one attached hydrogen (secondary N) is 1. The highest BCUT2D eigenvalue weighted by Crippen LogP contribution is 2.34. The molecule has 0 saturated heterocycles. The molecule has 0 bridgehead atoms. The zero-order chi connectivity index (χ0) is 30.3. The topological polar surface area (TPSA) is 108 Å². The predicted octanol–water partition coefficient (Wildman–Crippen LogP) is 5.01. The third-order valence-corrected chi connectivity index (χ3v) is 6.93. The van der Waals surface area contributed by atoms with Gasteiger partial charge >= 0.3 is 0 Å². The normalized spacial score (nSPS) is 11.5. The lowest BCUT2D eigenvalue weighted by atomic mass is 10.0. The van der Waals surface area contributed by atoms with Gasteiger partial charge in [-0.15, -0.1) is 5.10 Å². The molecule has 5 rings (SSSR count). The van der Waals surface area contributed by atoms with Crippen molar-refractivity contribution < 1.29 is 28.2 Å². The van der Waals surface area contributed by atoms with E-state index in [9.17, 15) is 14.0 Å². The summed E-state index contributed by atoms with van der Waals surface area (Å²) in [7, 11) is 4.56. The van der Waals surface area contributed by atoms with Crippen molar-refractivity contribution in [2.24, 2.45) is 0 Å². The SMILES string of the molecule is COc1ccc(NC(=O)C(c2ccc(OC)c(OC)c2)N(Cc2ccc(F)cc2)C(=O)Cn2nnc3ccccc32)cc1. The Kier molecular flexibility index (Phi) is 8.80. The molecular formula is C32H30FN5O5. The number of nitrogens with zero attached hydrogens (tertiary/aromatic N) is 4. The number of benzene rings is 4. The lowest BCUT2D eigenvalue weighted by Gasteiger charge is -2.32. The van der Waals surface area contributed by atoms with E-state index in [1.165, 1.54) is 35.9 Å². The van der Waals surface area contributed by atoms with E-state index in [1.54, 1.807) is 67.8 Å². The number of ether oxygens (including phenoxy) is 3. The van der Waals surface area contributed by atoms with Crippen molar-refractivity contribution in [1.82, 2.24) is 19.9 Å². The lowest BCUT2D eigenvalue weighted by Crippen LogP contribution is -2.42. The number of hydrogen-bond donors (Lipinski definition) is 1. The first-order chi connectivity index (χ1) is 20.9. The molecule has 1 atom stereocenters. The Morgan fingerprint density at radius 2 is 1.60 bits per heavy atom. The first-order valence-corrected chi connectivity index (χ1v) is 13.4. The number of aromatic nitrogens is 3. The van der Waals surface area contributed by atoms with E-state index in [-0.39, 0.29) is 13.1 Å². The molecule has 220 valence electrons. The third kappa shape index (κ3) is 6.56. The van der Waals surface area contributed by atoms with Crippen LogP contribution >= 0.6 is 0 Å². The van der Waals surface area contributed by atoms with Crippen LogP contribution in [0.2, 0.25) is 0 Å². The van der Waals surface area contributed by atoms with Crippen molar-refractivity contribution in [2.45, 2.75) is 19.1 Å². The fourth-order valence-corrected chi connectivity index (χ4v) is 4.74. The summed E-state index contributed by atoms with van der Waals surface area (Å²) >= 11 is 0. The molecule has 0 fully saturated rings. The smallest absolute Gasteiger partial charge is 0.251 e. The summed E-state index contributed by atoms with van der Waals surface area (Å²) in [5, 5.41) is 11.2. The zero-order valence-electron chi connectivity index (χ0n) is 23.9. The molecule has 11 heteroatoms. The number of fused-ring (bicyclic) bond motifs is 1. The van der Waals surface area contributed by atoms with Gasteiger partial charge in [-0.1, -0.05) is 35.5 Å². The van der Waals surface area contributed by atoms with Gasteiger partial charge in [-0.25, -0.2) is 9.07 Å². The maximum atomic E-state index is 14.2.